The highest BCUT2D eigenvalue weighted by Gasteiger charge is 2.66. The Morgan fingerprint density at radius 2 is 1.36 bits per heavy atom. The summed E-state index contributed by atoms with van der Waals surface area (Å²) in [6.07, 6.45) is 11.9. The van der Waals surface area contributed by atoms with E-state index in [1.54, 1.807) is 0 Å². The smallest absolute Gasteiger partial charge is 0.195 e. The fraction of sp³-hybridized carbons (Fsp3) is 0.839. The molecule has 4 rings (SSSR count). The molecule has 3 fully saturated rings. The number of ketones is 1. The standard InChI is InChI=1S/C31H54O3Si2/c1-27(2,3)35(9,10)33-31(34-36(11,12)28(4,5)6)20-13-14-22-15-16-23-24-17-18-26(32)29(24,7)21-19-25(23)30(22,31)8/h15-16,24-25H,13-14,17-21H2,1-12H3/t24-,25-,29-,30-/m0/s1. The number of carbonyl (C=O) groups excluding carboxylic acids is 1. The number of rotatable bonds is 4. The van der Waals surface area contributed by atoms with Gasteiger partial charge in [-0.15, -0.1) is 0 Å². The summed E-state index contributed by atoms with van der Waals surface area (Å²) in [5, 5.41) is 0.204. The minimum Gasteiger partial charge on any atom is -0.390 e. The molecule has 0 bridgehead atoms. The largest absolute Gasteiger partial charge is 0.390 e. The van der Waals surface area contributed by atoms with Crippen LogP contribution in [0, 0.1) is 22.7 Å². The SMILES string of the molecule is CC(C)(C)[Si](C)(C)OC1(O[Si](C)(C)C(C)(C)C)CCCC2=CC=C3[C@H](CC[C@]4(C)C(=O)CC[C@@H]34)[C@]21C. The molecule has 3 saturated carbocycles. The molecule has 0 saturated heterocycles. The molecule has 3 nitrogen and oxygen atoms in total. The molecular formula is C31H54O3Si2. The first-order chi connectivity index (χ1) is 16.2. The zero-order valence-electron chi connectivity index (χ0n) is 25.5. The quantitative estimate of drug-likeness (QED) is 0.268. The number of carbonyl (C=O) groups is 1. The number of allylic oxidation sites excluding steroid dienone is 3. The van der Waals surface area contributed by atoms with Crippen LogP contribution in [0.4, 0.5) is 0 Å². The van der Waals surface area contributed by atoms with Crippen LogP contribution in [0.2, 0.25) is 36.3 Å². The van der Waals surface area contributed by atoms with Crippen LogP contribution in [0.5, 0.6) is 0 Å². The third-order valence-corrected chi connectivity index (χ3v) is 20.8. The van der Waals surface area contributed by atoms with Gasteiger partial charge in [0.2, 0.25) is 0 Å². The van der Waals surface area contributed by atoms with Gasteiger partial charge in [-0.05, 0) is 80.2 Å². The molecule has 0 amide bonds. The summed E-state index contributed by atoms with van der Waals surface area (Å²) >= 11 is 0. The van der Waals surface area contributed by atoms with Crippen LogP contribution in [0.15, 0.2) is 23.3 Å². The summed E-state index contributed by atoms with van der Waals surface area (Å²) in [6.45, 7) is 28.5. The Balaban J connectivity index is 1.89. The Bertz CT molecular complexity index is 949. The van der Waals surface area contributed by atoms with Crippen molar-refractivity contribution >= 4 is 22.4 Å². The topological polar surface area (TPSA) is 35.5 Å². The fourth-order valence-electron chi connectivity index (χ4n) is 7.31. The van der Waals surface area contributed by atoms with Crippen LogP contribution in [-0.2, 0) is 13.6 Å². The molecule has 0 radical (unpaired) electrons. The van der Waals surface area contributed by atoms with Crippen LogP contribution in [0.1, 0.15) is 100 Å². The number of Topliss-reactive ketones (excluding diaryl/α,β-unsaturated/α-hetero) is 1. The molecule has 0 spiro atoms. The third kappa shape index (κ3) is 4.05. The molecule has 0 aromatic carbocycles. The first kappa shape index (κ1) is 28.5. The molecule has 0 aromatic heterocycles. The molecule has 0 aromatic rings. The highest BCUT2D eigenvalue weighted by atomic mass is 28.4. The maximum Gasteiger partial charge on any atom is 0.195 e. The Labute approximate surface area is 224 Å². The van der Waals surface area contributed by atoms with Gasteiger partial charge in [-0.2, -0.15) is 0 Å². The first-order valence-corrected chi connectivity index (χ1v) is 20.4. The Morgan fingerprint density at radius 1 is 0.806 bits per heavy atom. The van der Waals surface area contributed by atoms with E-state index < -0.39 is 22.4 Å². The van der Waals surface area contributed by atoms with E-state index >= 15 is 0 Å². The highest BCUT2D eigenvalue weighted by molar-refractivity contribution is 6.75. The lowest BCUT2D eigenvalue weighted by atomic mass is 9.49. The predicted molar refractivity (Wildman–Crippen MR) is 156 cm³/mol. The molecule has 0 heterocycles. The minimum atomic E-state index is -2.16. The van der Waals surface area contributed by atoms with E-state index in [9.17, 15) is 4.79 Å². The molecule has 0 unspecified atom stereocenters. The maximum atomic E-state index is 13.0. The van der Waals surface area contributed by atoms with Gasteiger partial charge in [0.1, 0.15) is 5.78 Å². The van der Waals surface area contributed by atoms with E-state index in [0.717, 1.165) is 44.9 Å². The van der Waals surface area contributed by atoms with Gasteiger partial charge in [0.25, 0.3) is 0 Å². The molecule has 4 aliphatic carbocycles. The second kappa shape index (κ2) is 8.50. The van der Waals surface area contributed by atoms with Gasteiger partial charge < -0.3 is 8.85 Å². The van der Waals surface area contributed by atoms with Gasteiger partial charge in [-0.3, -0.25) is 4.79 Å². The number of hydrogen-bond acceptors (Lipinski definition) is 3. The summed E-state index contributed by atoms with van der Waals surface area (Å²) in [5.74, 6) is 0.621. The summed E-state index contributed by atoms with van der Waals surface area (Å²) in [5.41, 5.74) is 2.66. The summed E-state index contributed by atoms with van der Waals surface area (Å²) in [6, 6.07) is 0. The molecule has 0 aliphatic heterocycles. The summed E-state index contributed by atoms with van der Waals surface area (Å²) in [4.78, 5) is 13.0. The zero-order valence-corrected chi connectivity index (χ0v) is 27.5. The molecule has 5 heteroatoms. The lowest BCUT2D eigenvalue weighted by molar-refractivity contribution is -0.231. The van der Waals surface area contributed by atoms with Crippen molar-refractivity contribution in [2.75, 3.05) is 0 Å². The summed E-state index contributed by atoms with van der Waals surface area (Å²) in [7, 11) is -4.32. The van der Waals surface area contributed by atoms with Crippen molar-refractivity contribution in [3.8, 4) is 0 Å². The van der Waals surface area contributed by atoms with E-state index in [1.807, 2.05) is 0 Å². The van der Waals surface area contributed by atoms with Crippen molar-refractivity contribution in [1.29, 1.82) is 0 Å². The van der Waals surface area contributed by atoms with Crippen LogP contribution in [-0.4, -0.2) is 28.2 Å². The molecule has 4 aliphatic rings. The molecule has 0 N–H and O–H groups in total. The number of hydrogen-bond donors (Lipinski definition) is 0. The minimum absolute atomic E-state index is 0.102. The highest BCUT2D eigenvalue weighted by Crippen LogP contribution is 2.67. The maximum absolute atomic E-state index is 13.0. The van der Waals surface area contributed by atoms with Crippen LogP contribution < -0.4 is 0 Å². The number of fused-ring (bicyclic) bond motifs is 5. The average molecular weight is 531 g/mol. The second-order valence-corrected chi connectivity index (χ2v) is 25.4. The van der Waals surface area contributed by atoms with Crippen LogP contribution in [0.3, 0.4) is 0 Å². The predicted octanol–water partition coefficient (Wildman–Crippen LogP) is 9.18. The third-order valence-electron chi connectivity index (χ3n) is 11.9. The van der Waals surface area contributed by atoms with Crippen molar-refractivity contribution in [3.05, 3.63) is 23.3 Å². The Hall–Kier alpha value is -0.496. The van der Waals surface area contributed by atoms with Crippen molar-refractivity contribution in [1.82, 2.24) is 0 Å². The molecule has 4 atom stereocenters. The molecule has 204 valence electrons. The van der Waals surface area contributed by atoms with Crippen molar-refractivity contribution in [2.24, 2.45) is 22.7 Å². The van der Waals surface area contributed by atoms with E-state index in [0.29, 0.717) is 17.6 Å². The van der Waals surface area contributed by atoms with Crippen molar-refractivity contribution in [3.63, 3.8) is 0 Å². The van der Waals surface area contributed by atoms with Crippen LogP contribution >= 0.6 is 0 Å². The van der Waals surface area contributed by atoms with Gasteiger partial charge in [-0.1, -0.05) is 78.7 Å². The average Bonchev–Trinajstić information content (AvgIpc) is 3.01. The first-order valence-electron chi connectivity index (χ1n) is 14.6. The zero-order chi connectivity index (χ0) is 27.2. The normalized spacial score (nSPS) is 34.9. The van der Waals surface area contributed by atoms with Crippen LogP contribution in [0.25, 0.3) is 0 Å². The van der Waals surface area contributed by atoms with E-state index in [2.05, 4.69) is 93.7 Å². The molecule has 36 heavy (non-hydrogen) atoms. The molecular weight excluding hydrogens is 477 g/mol. The fourth-order valence-corrected chi connectivity index (χ4v) is 10.4. The summed E-state index contributed by atoms with van der Waals surface area (Å²) < 4.78 is 15.3. The van der Waals surface area contributed by atoms with Gasteiger partial charge in [0.05, 0.1) is 0 Å². The van der Waals surface area contributed by atoms with Gasteiger partial charge >= 0.3 is 0 Å². The van der Waals surface area contributed by atoms with Gasteiger partial charge in [-0.25, -0.2) is 0 Å². The van der Waals surface area contributed by atoms with E-state index in [1.165, 1.54) is 11.1 Å². The Morgan fingerprint density at radius 3 is 1.89 bits per heavy atom. The van der Waals surface area contributed by atoms with E-state index in [-0.39, 0.29) is 20.9 Å². The van der Waals surface area contributed by atoms with Gasteiger partial charge in [0.15, 0.2) is 22.4 Å². The second-order valence-electron chi connectivity index (χ2n) is 15.9. The Kier molecular flexibility index (Phi) is 6.73. The lowest BCUT2D eigenvalue weighted by Gasteiger charge is -2.64. The van der Waals surface area contributed by atoms with Crippen molar-refractivity contribution < 1.29 is 13.6 Å². The van der Waals surface area contributed by atoms with Crippen molar-refractivity contribution in [2.45, 2.75) is 142 Å². The monoisotopic (exact) mass is 530 g/mol. The lowest BCUT2D eigenvalue weighted by Crippen LogP contribution is -2.67. The van der Waals surface area contributed by atoms with E-state index in [4.69, 9.17) is 8.85 Å². The van der Waals surface area contributed by atoms with Gasteiger partial charge in [0, 0.05) is 23.7 Å².